The quantitative estimate of drug-likeness (QED) is 0.532. The second-order valence-electron chi connectivity index (χ2n) is 5.80. The topological polar surface area (TPSA) is 85.6 Å². The fourth-order valence-corrected chi connectivity index (χ4v) is 3.55. The van der Waals surface area contributed by atoms with Crippen molar-refractivity contribution in [2.45, 2.75) is 25.9 Å². The zero-order valence-electron chi connectivity index (χ0n) is 14.5. The van der Waals surface area contributed by atoms with Gasteiger partial charge in [-0.05, 0) is 54.5 Å². The molecule has 1 aromatic carbocycles. The van der Waals surface area contributed by atoms with Gasteiger partial charge in [-0.2, -0.15) is 4.68 Å². The molecule has 0 saturated carbocycles. The Balaban J connectivity index is 1.74. The van der Waals surface area contributed by atoms with E-state index < -0.39 is 0 Å². The Labute approximate surface area is 160 Å². The zero-order valence-corrected chi connectivity index (χ0v) is 16.1. The van der Waals surface area contributed by atoms with E-state index in [-0.39, 0.29) is 16.8 Å². The van der Waals surface area contributed by atoms with E-state index >= 15 is 0 Å². The molecule has 0 fully saturated rings. The molecule has 2 heterocycles. The van der Waals surface area contributed by atoms with Crippen LogP contribution in [0, 0.1) is 20.8 Å². The Hall–Kier alpha value is -2.45. The van der Waals surface area contributed by atoms with Crippen molar-refractivity contribution in [2.75, 3.05) is 11.1 Å². The van der Waals surface area contributed by atoms with Gasteiger partial charge in [-0.15, -0.1) is 5.10 Å². The van der Waals surface area contributed by atoms with E-state index in [1.165, 1.54) is 17.3 Å². The number of hydrogen-bond donors (Lipinski definition) is 1. The van der Waals surface area contributed by atoms with Crippen LogP contribution in [0.5, 0.6) is 0 Å². The summed E-state index contributed by atoms with van der Waals surface area (Å²) in [5.41, 5.74) is 4.73. The number of tetrazole rings is 1. The first kappa shape index (κ1) is 18.3. The number of pyridine rings is 1. The van der Waals surface area contributed by atoms with E-state index in [4.69, 9.17) is 11.6 Å². The van der Waals surface area contributed by atoms with Crippen LogP contribution in [0.1, 0.15) is 16.7 Å². The van der Waals surface area contributed by atoms with Gasteiger partial charge in [0, 0.05) is 6.20 Å². The minimum absolute atomic E-state index is 0.148. The first-order valence-electron chi connectivity index (χ1n) is 7.85. The van der Waals surface area contributed by atoms with E-state index in [1.807, 2.05) is 20.8 Å². The maximum atomic E-state index is 12.2. The number of anilines is 1. The van der Waals surface area contributed by atoms with Gasteiger partial charge in [0.1, 0.15) is 0 Å². The summed E-state index contributed by atoms with van der Waals surface area (Å²) in [4.78, 5) is 16.1. The molecule has 2 aromatic heterocycles. The molecule has 0 aliphatic carbocycles. The molecule has 0 atom stereocenters. The van der Waals surface area contributed by atoms with Crippen LogP contribution in [-0.2, 0) is 4.79 Å². The molecule has 134 valence electrons. The van der Waals surface area contributed by atoms with E-state index in [0.29, 0.717) is 10.8 Å². The molecule has 0 aliphatic rings. The minimum atomic E-state index is -0.211. The van der Waals surface area contributed by atoms with Crippen LogP contribution in [0.4, 0.5) is 5.69 Å². The van der Waals surface area contributed by atoms with Gasteiger partial charge in [-0.25, -0.2) is 4.98 Å². The number of aromatic nitrogens is 5. The van der Waals surface area contributed by atoms with Crippen LogP contribution in [0.15, 0.2) is 35.6 Å². The number of aryl methyl sites for hydroxylation is 3. The van der Waals surface area contributed by atoms with Gasteiger partial charge in [0.2, 0.25) is 11.1 Å². The average Bonchev–Trinajstić information content (AvgIpc) is 3.02. The molecule has 0 bridgehead atoms. The lowest BCUT2D eigenvalue weighted by Gasteiger charge is -2.12. The molecule has 9 heteroatoms. The maximum absolute atomic E-state index is 12.2. The molecule has 0 radical (unpaired) electrons. The molecule has 26 heavy (non-hydrogen) atoms. The Morgan fingerprint density at radius 2 is 2.00 bits per heavy atom. The number of hydrogen-bond acceptors (Lipinski definition) is 6. The van der Waals surface area contributed by atoms with Crippen LogP contribution in [0.3, 0.4) is 0 Å². The summed E-state index contributed by atoms with van der Waals surface area (Å²) in [6.07, 6.45) is 1.56. The fraction of sp³-hybridized carbons (Fsp3) is 0.235. The summed E-state index contributed by atoms with van der Waals surface area (Å²) < 4.78 is 1.67. The van der Waals surface area contributed by atoms with Crippen molar-refractivity contribution >= 4 is 35.0 Å². The second-order valence-corrected chi connectivity index (χ2v) is 7.10. The van der Waals surface area contributed by atoms with Crippen molar-refractivity contribution in [3.05, 3.63) is 52.3 Å². The number of carbonyl (C=O) groups excluding carboxylic acids is 1. The summed E-state index contributed by atoms with van der Waals surface area (Å²) in [5.74, 6) is -0.0629. The molecule has 1 amide bonds. The number of thioether (sulfide) groups is 1. The average molecular weight is 389 g/mol. The van der Waals surface area contributed by atoms with Crippen LogP contribution in [-0.4, -0.2) is 36.9 Å². The van der Waals surface area contributed by atoms with Crippen LogP contribution < -0.4 is 5.32 Å². The van der Waals surface area contributed by atoms with Crippen molar-refractivity contribution in [3.63, 3.8) is 0 Å². The van der Waals surface area contributed by atoms with Gasteiger partial charge in [0.05, 0.1) is 17.1 Å². The molecule has 0 aliphatic heterocycles. The van der Waals surface area contributed by atoms with E-state index in [1.54, 1.807) is 23.0 Å². The molecular weight excluding hydrogens is 372 g/mol. The number of carbonyl (C=O) groups is 1. The van der Waals surface area contributed by atoms with Crippen LogP contribution >= 0.6 is 23.4 Å². The largest absolute Gasteiger partial charge is 0.323 e. The summed E-state index contributed by atoms with van der Waals surface area (Å²) in [6, 6.07) is 7.56. The Morgan fingerprint density at radius 3 is 2.69 bits per heavy atom. The predicted molar refractivity (Wildman–Crippen MR) is 102 cm³/mol. The second kappa shape index (κ2) is 7.84. The molecule has 0 unspecified atom stereocenters. The predicted octanol–water partition coefficient (Wildman–Crippen LogP) is 3.37. The van der Waals surface area contributed by atoms with Gasteiger partial charge in [-0.1, -0.05) is 41.1 Å². The molecule has 0 saturated heterocycles. The van der Waals surface area contributed by atoms with Crippen molar-refractivity contribution in [3.8, 4) is 5.69 Å². The standard InChI is InChI=1S/C17H17ClN6OS/c1-10-7-11(2)15(12(3)8-10)24-17(21-22-23-24)26-9-14(25)20-13-5-4-6-19-16(13)18/h4-8H,9H2,1-3H3,(H,20,25). The molecule has 3 rings (SSSR count). The SMILES string of the molecule is Cc1cc(C)c(-n2nnnc2SCC(=O)Nc2cccnc2Cl)c(C)c1. The van der Waals surface area contributed by atoms with E-state index in [9.17, 15) is 4.79 Å². The monoisotopic (exact) mass is 388 g/mol. The number of amides is 1. The van der Waals surface area contributed by atoms with Gasteiger partial charge in [0.25, 0.3) is 0 Å². The van der Waals surface area contributed by atoms with Gasteiger partial charge in [-0.3, -0.25) is 4.79 Å². The lowest BCUT2D eigenvalue weighted by Crippen LogP contribution is -2.15. The lowest BCUT2D eigenvalue weighted by molar-refractivity contribution is -0.113. The smallest absolute Gasteiger partial charge is 0.234 e. The van der Waals surface area contributed by atoms with Crippen LogP contribution in [0.25, 0.3) is 5.69 Å². The first-order chi connectivity index (χ1) is 12.5. The van der Waals surface area contributed by atoms with Gasteiger partial charge >= 0.3 is 0 Å². The summed E-state index contributed by atoms with van der Waals surface area (Å²) in [6.45, 7) is 6.08. The Morgan fingerprint density at radius 1 is 1.27 bits per heavy atom. The highest BCUT2D eigenvalue weighted by atomic mass is 35.5. The molecule has 7 nitrogen and oxygen atoms in total. The molecule has 0 spiro atoms. The number of nitrogens with zero attached hydrogens (tertiary/aromatic N) is 5. The normalized spacial score (nSPS) is 10.8. The number of rotatable bonds is 5. The third-order valence-corrected chi connectivity index (χ3v) is 4.87. The van der Waals surface area contributed by atoms with E-state index in [0.717, 1.165) is 16.8 Å². The highest BCUT2D eigenvalue weighted by Crippen LogP contribution is 2.25. The van der Waals surface area contributed by atoms with Crippen molar-refractivity contribution in [1.29, 1.82) is 0 Å². The number of benzene rings is 1. The number of nitrogens with one attached hydrogen (secondary N) is 1. The first-order valence-corrected chi connectivity index (χ1v) is 9.22. The van der Waals surface area contributed by atoms with Crippen LogP contribution in [0.2, 0.25) is 5.15 Å². The van der Waals surface area contributed by atoms with Gasteiger partial charge in [0.15, 0.2) is 5.15 Å². The molecular formula is C17H17ClN6OS. The lowest BCUT2D eigenvalue weighted by atomic mass is 10.1. The van der Waals surface area contributed by atoms with Crippen molar-refractivity contribution < 1.29 is 4.79 Å². The number of halogens is 1. The highest BCUT2D eigenvalue weighted by Gasteiger charge is 2.16. The van der Waals surface area contributed by atoms with E-state index in [2.05, 4.69) is 38.0 Å². The summed E-state index contributed by atoms with van der Waals surface area (Å²) >= 11 is 7.21. The minimum Gasteiger partial charge on any atom is -0.323 e. The highest BCUT2D eigenvalue weighted by molar-refractivity contribution is 7.99. The fourth-order valence-electron chi connectivity index (χ4n) is 2.71. The van der Waals surface area contributed by atoms with Gasteiger partial charge < -0.3 is 5.32 Å². The third kappa shape index (κ3) is 4.03. The third-order valence-electron chi connectivity index (χ3n) is 3.65. The summed E-state index contributed by atoms with van der Waals surface area (Å²) in [5, 5.41) is 15.4. The zero-order chi connectivity index (χ0) is 18.7. The van der Waals surface area contributed by atoms with Crippen molar-refractivity contribution in [2.24, 2.45) is 0 Å². The van der Waals surface area contributed by atoms with Crippen molar-refractivity contribution in [1.82, 2.24) is 25.2 Å². The molecule has 3 aromatic rings. The summed E-state index contributed by atoms with van der Waals surface area (Å²) in [7, 11) is 0. The maximum Gasteiger partial charge on any atom is 0.234 e. The Kier molecular flexibility index (Phi) is 5.53. The molecule has 1 N–H and O–H groups in total. The Bertz CT molecular complexity index is 935.